The zero-order valence-corrected chi connectivity index (χ0v) is 13.0. The Hall–Kier alpha value is -0.280. The molecule has 1 aliphatic rings. The van der Waals surface area contributed by atoms with Gasteiger partial charge in [0.05, 0.1) is 0 Å². The summed E-state index contributed by atoms with van der Waals surface area (Å²) in [5, 5.41) is 5.13. The minimum Gasteiger partial charge on any atom is -0.313 e. The van der Waals surface area contributed by atoms with Gasteiger partial charge in [0, 0.05) is 29.2 Å². The molecule has 19 heavy (non-hydrogen) atoms. The quantitative estimate of drug-likeness (QED) is 0.855. The van der Waals surface area contributed by atoms with Crippen molar-refractivity contribution in [1.29, 1.82) is 0 Å². The van der Waals surface area contributed by atoms with Gasteiger partial charge in [0.25, 0.3) is 0 Å². The van der Waals surface area contributed by atoms with Crippen LogP contribution in [0, 0.1) is 0 Å². The molecule has 0 saturated carbocycles. The van der Waals surface area contributed by atoms with E-state index in [4.69, 9.17) is 23.2 Å². The second-order valence-corrected chi connectivity index (χ2v) is 6.11. The Morgan fingerprint density at radius 2 is 2.21 bits per heavy atom. The van der Waals surface area contributed by atoms with Gasteiger partial charge in [-0.25, -0.2) is 0 Å². The van der Waals surface area contributed by atoms with Gasteiger partial charge in [0.1, 0.15) is 0 Å². The first-order valence-electron chi connectivity index (χ1n) is 7.08. The van der Waals surface area contributed by atoms with Crippen LogP contribution in [0.3, 0.4) is 0 Å². The van der Waals surface area contributed by atoms with Gasteiger partial charge in [-0.3, -0.25) is 4.90 Å². The first-order chi connectivity index (χ1) is 9.19. The number of benzene rings is 1. The Kier molecular flexibility index (Phi) is 5.96. The summed E-state index contributed by atoms with van der Waals surface area (Å²) in [4.78, 5) is 2.47. The first-order valence-corrected chi connectivity index (χ1v) is 7.84. The summed E-state index contributed by atoms with van der Waals surface area (Å²) >= 11 is 12.3. The molecule has 4 heteroatoms. The third-order valence-electron chi connectivity index (χ3n) is 3.58. The van der Waals surface area contributed by atoms with Crippen molar-refractivity contribution in [2.45, 2.75) is 38.8 Å². The summed E-state index contributed by atoms with van der Waals surface area (Å²) in [6.45, 7) is 6.44. The predicted octanol–water partition coefficient (Wildman–Crippen LogP) is 3.96. The lowest BCUT2D eigenvalue weighted by molar-refractivity contribution is 0.241. The van der Waals surface area contributed by atoms with Gasteiger partial charge in [-0.05, 0) is 56.1 Å². The molecule has 106 valence electrons. The highest BCUT2D eigenvalue weighted by atomic mass is 35.5. The van der Waals surface area contributed by atoms with Crippen molar-refractivity contribution in [1.82, 2.24) is 10.2 Å². The maximum Gasteiger partial charge on any atom is 0.0452 e. The number of hydrogen-bond donors (Lipinski definition) is 1. The average molecular weight is 301 g/mol. The highest BCUT2D eigenvalue weighted by Crippen LogP contribution is 2.22. The summed E-state index contributed by atoms with van der Waals surface area (Å²) in [5.41, 5.74) is 1.13. The lowest BCUT2D eigenvalue weighted by atomic mass is 10.1. The fourth-order valence-electron chi connectivity index (χ4n) is 2.68. The molecular formula is C15H22Cl2N2. The monoisotopic (exact) mass is 300 g/mol. The van der Waals surface area contributed by atoms with Crippen molar-refractivity contribution in [2.24, 2.45) is 0 Å². The third-order valence-corrected chi connectivity index (χ3v) is 4.19. The highest BCUT2D eigenvalue weighted by Gasteiger charge is 2.18. The molecule has 1 heterocycles. The van der Waals surface area contributed by atoms with Crippen molar-refractivity contribution in [3.8, 4) is 0 Å². The van der Waals surface area contributed by atoms with Crippen LogP contribution < -0.4 is 5.32 Å². The maximum atomic E-state index is 6.26. The molecule has 1 saturated heterocycles. The van der Waals surface area contributed by atoms with Crippen molar-refractivity contribution >= 4 is 23.2 Å². The summed E-state index contributed by atoms with van der Waals surface area (Å²) in [6.07, 6.45) is 3.73. The van der Waals surface area contributed by atoms with Gasteiger partial charge in [-0.15, -0.1) is 0 Å². The molecule has 2 nitrogen and oxygen atoms in total. The van der Waals surface area contributed by atoms with E-state index in [1.807, 2.05) is 18.2 Å². The molecule has 1 aromatic carbocycles. The van der Waals surface area contributed by atoms with Crippen LogP contribution in [0.5, 0.6) is 0 Å². The van der Waals surface area contributed by atoms with E-state index in [1.165, 1.54) is 12.8 Å². The SMILES string of the molecule is CCCN(Cc1cc(Cl)ccc1Cl)CC1CCCN1. The lowest BCUT2D eigenvalue weighted by Gasteiger charge is -2.25. The Bertz CT molecular complexity index is 403. The Balaban J connectivity index is 2.00. The molecule has 0 aliphatic carbocycles. The number of nitrogens with zero attached hydrogens (tertiary/aromatic N) is 1. The fourth-order valence-corrected chi connectivity index (χ4v) is 3.05. The Morgan fingerprint density at radius 3 is 2.89 bits per heavy atom. The van der Waals surface area contributed by atoms with Crippen molar-refractivity contribution in [2.75, 3.05) is 19.6 Å². The molecular weight excluding hydrogens is 279 g/mol. The Morgan fingerprint density at radius 1 is 1.37 bits per heavy atom. The summed E-state index contributed by atoms with van der Waals surface area (Å²) in [7, 11) is 0. The minimum atomic E-state index is 0.629. The second kappa shape index (κ2) is 7.49. The molecule has 1 atom stereocenters. The van der Waals surface area contributed by atoms with Crippen LogP contribution in [0.4, 0.5) is 0 Å². The molecule has 0 aromatic heterocycles. The van der Waals surface area contributed by atoms with Gasteiger partial charge in [0.15, 0.2) is 0 Å². The smallest absolute Gasteiger partial charge is 0.0452 e. The Labute approximate surface area is 126 Å². The molecule has 1 aromatic rings. The highest BCUT2D eigenvalue weighted by molar-refractivity contribution is 6.33. The fraction of sp³-hybridized carbons (Fsp3) is 0.600. The molecule has 0 bridgehead atoms. The predicted molar refractivity (Wildman–Crippen MR) is 83.1 cm³/mol. The first kappa shape index (κ1) is 15.1. The number of nitrogens with one attached hydrogen (secondary N) is 1. The molecule has 0 radical (unpaired) electrons. The van der Waals surface area contributed by atoms with Crippen LogP contribution in [0.1, 0.15) is 31.7 Å². The van der Waals surface area contributed by atoms with Crippen LogP contribution in [0.2, 0.25) is 10.0 Å². The largest absolute Gasteiger partial charge is 0.313 e. The van der Waals surface area contributed by atoms with E-state index < -0.39 is 0 Å². The van der Waals surface area contributed by atoms with Gasteiger partial charge >= 0.3 is 0 Å². The molecule has 1 aliphatic heterocycles. The number of hydrogen-bond acceptors (Lipinski definition) is 2. The normalized spacial score (nSPS) is 19.3. The van der Waals surface area contributed by atoms with E-state index >= 15 is 0 Å². The summed E-state index contributed by atoms with van der Waals surface area (Å²) < 4.78 is 0. The van der Waals surface area contributed by atoms with Crippen LogP contribution in [-0.2, 0) is 6.54 Å². The van der Waals surface area contributed by atoms with E-state index in [-0.39, 0.29) is 0 Å². The van der Waals surface area contributed by atoms with Crippen LogP contribution in [-0.4, -0.2) is 30.6 Å². The second-order valence-electron chi connectivity index (χ2n) is 5.26. The standard InChI is InChI=1S/C15H22Cl2N2/c1-2-8-19(11-14-4-3-7-18-14)10-12-9-13(16)5-6-15(12)17/h5-6,9,14,18H,2-4,7-8,10-11H2,1H3. The van der Waals surface area contributed by atoms with E-state index in [0.29, 0.717) is 6.04 Å². The number of halogens is 2. The van der Waals surface area contributed by atoms with Gasteiger partial charge < -0.3 is 5.32 Å². The average Bonchev–Trinajstić information content (AvgIpc) is 2.87. The lowest BCUT2D eigenvalue weighted by Crippen LogP contribution is -2.37. The van der Waals surface area contributed by atoms with Crippen molar-refractivity contribution in [3.05, 3.63) is 33.8 Å². The van der Waals surface area contributed by atoms with E-state index in [1.54, 1.807) is 0 Å². The molecule has 0 amide bonds. The zero-order valence-electron chi connectivity index (χ0n) is 11.5. The number of rotatable bonds is 6. The van der Waals surface area contributed by atoms with E-state index in [2.05, 4.69) is 17.1 Å². The van der Waals surface area contributed by atoms with Crippen LogP contribution >= 0.6 is 23.2 Å². The molecule has 1 fully saturated rings. The van der Waals surface area contributed by atoms with Crippen LogP contribution in [0.25, 0.3) is 0 Å². The molecule has 1 N–H and O–H groups in total. The summed E-state index contributed by atoms with van der Waals surface area (Å²) in [6, 6.07) is 6.34. The van der Waals surface area contributed by atoms with Crippen molar-refractivity contribution < 1.29 is 0 Å². The molecule has 0 spiro atoms. The topological polar surface area (TPSA) is 15.3 Å². The molecule has 1 unspecified atom stereocenters. The van der Waals surface area contributed by atoms with E-state index in [0.717, 1.165) is 48.2 Å². The maximum absolute atomic E-state index is 6.26. The van der Waals surface area contributed by atoms with E-state index in [9.17, 15) is 0 Å². The van der Waals surface area contributed by atoms with Crippen molar-refractivity contribution in [3.63, 3.8) is 0 Å². The van der Waals surface area contributed by atoms with Crippen LogP contribution in [0.15, 0.2) is 18.2 Å². The minimum absolute atomic E-state index is 0.629. The van der Waals surface area contributed by atoms with Gasteiger partial charge in [0.2, 0.25) is 0 Å². The zero-order chi connectivity index (χ0) is 13.7. The third kappa shape index (κ3) is 4.64. The van der Waals surface area contributed by atoms with Gasteiger partial charge in [-0.1, -0.05) is 30.1 Å². The molecule has 2 rings (SSSR count). The summed E-state index contributed by atoms with van der Waals surface area (Å²) in [5.74, 6) is 0. The van der Waals surface area contributed by atoms with Gasteiger partial charge in [-0.2, -0.15) is 0 Å².